The standard InChI is InChI=1S/C17H22N6O3S2/c1-8(2)23-12-13(21(5)17(26)22(6)14(12)25)20-16(23)27-7-11(24)19-15-18-9(3)10(4)28-15/h8H,7H2,1-6H3,(H,18,19,24). The Bertz CT molecular complexity index is 1160. The lowest BCUT2D eigenvalue weighted by Crippen LogP contribution is -2.37. The second-order valence-electron chi connectivity index (χ2n) is 6.73. The smallest absolute Gasteiger partial charge is 0.311 e. The van der Waals surface area contributed by atoms with Crippen LogP contribution in [0.4, 0.5) is 5.13 Å². The van der Waals surface area contributed by atoms with Crippen molar-refractivity contribution in [3.05, 3.63) is 31.4 Å². The molecule has 0 atom stereocenters. The number of nitrogens with zero attached hydrogens (tertiary/aromatic N) is 5. The molecule has 3 aromatic rings. The fourth-order valence-corrected chi connectivity index (χ4v) is 4.54. The minimum Gasteiger partial charge on any atom is -0.311 e. The van der Waals surface area contributed by atoms with E-state index in [0.717, 1.165) is 15.1 Å². The molecule has 3 rings (SSSR count). The van der Waals surface area contributed by atoms with Crippen LogP contribution in [0.1, 0.15) is 30.5 Å². The Morgan fingerprint density at radius 2 is 1.86 bits per heavy atom. The van der Waals surface area contributed by atoms with Gasteiger partial charge in [0.1, 0.15) is 0 Å². The van der Waals surface area contributed by atoms with Crippen LogP contribution in [0.5, 0.6) is 0 Å². The van der Waals surface area contributed by atoms with E-state index in [1.165, 1.54) is 34.7 Å². The summed E-state index contributed by atoms with van der Waals surface area (Å²) in [7, 11) is 3.02. The Morgan fingerprint density at radius 1 is 1.18 bits per heavy atom. The van der Waals surface area contributed by atoms with Gasteiger partial charge in [0.25, 0.3) is 5.56 Å². The van der Waals surface area contributed by atoms with Crippen LogP contribution in [0.15, 0.2) is 14.7 Å². The molecule has 28 heavy (non-hydrogen) atoms. The van der Waals surface area contributed by atoms with Crippen LogP contribution in [-0.2, 0) is 18.9 Å². The lowest BCUT2D eigenvalue weighted by atomic mass is 10.4. The highest BCUT2D eigenvalue weighted by atomic mass is 32.2. The molecular formula is C17H22N6O3S2. The van der Waals surface area contributed by atoms with Crippen molar-refractivity contribution in [1.29, 1.82) is 0 Å². The summed E-state index contributed by atoms with van der Waals surface area (Å²) < 4.78 is 4.19. The van der Waals surface area contributed by atoms with Crippen molar-refractivity contribution in [1.82, 2.24) is 23.7 Å². The van der Waals surface area contributed by atoms with E-state index in [1.807, 2.05) is 27.7 Å². The van der Waals surface area contributed by atoms with Crippen LogP contribution in [0.25, 0.3) is 11.2 Å². The maximum Gasteiger partial charge on any atom is 0.332 e. The van der Waals surface area contributed by atoms with Crippen LogP contribution >= 0.6 is 23.1 Å². The lowest BCUT2D eigenvalue weighted by molar-refractivity contribution is -0.113. The molecule has 0 fully saturated rings. The van der Waals surface area contributed by atoms with Gasteiger partial charge < -0.3 is 9.88 Å². The molecule has 0 aromatic carbocycles. The van der Waals surface area contributed by atoms with Gasteiger partial charge in [-0.2, -0.15) is 0 Å². The first kappa shape index (κ1) is 20.3. The summed E-state index contributed by atoms with van der Waals surface area (Å²) in [5, 5.41) is 3.87. The highest BCUT2D eigenvalue weighted by Crippen LogP contribution is 2.26. The van der Waals surface area contributed by atoms with Gasteiger partial charge in [0.15, 0.2) is 21.5 Å². The van der Waals surface area contributed by atoms with Crippen molar-refractivity contribution in [3.8, 4) is 0 Å². The van der Waals surface area contributed by atoms with E-state index in [9.17, 15) is 14.4 Å². The van der Waals surface area contributed by atoms with Crippen molar-refractivity contribution < 1.29 is 4.79 Å². The number of aryl methyl sites for hydroxylation is 3. The zero-order chi connectivity index (χ0) is 20.7. The first-order valence-corrected chi connectivity index (χ1v) is 10.5. The summed E-state index contributed by atoms with van der Waals surface area (Å²) in [6, 6.07) is -0.0648. The molecule has 3 heterocycles. The van der Waals surface area contributed by atoms with Crippen LogP contribution < -0.4 is 16.6 Å². The van der Waals surface area contributed by atoms with Crippen LogP contribution in [0.3, 0.4) is 0 Å². The molecule has 150 valence electrons. The number of carbonyl (C=O) groups is 1. The Kier molecular flexibility index (Phi) is 5.48. The average molecular weight is 423 g/mol. The van der Waals surface area contributed by atoms with Gasteiger partial charge in [0.2, 0.25) is 5.91 Å². The van der Waals surface area contributed by atoms with Gasteiger partial charge in [-0.1, -0.05) is 11.8 Å². The van der Waals surface area contributed by atoms with Gasteiger partial charge in [-0.25, -0.2) is 14.8 Å². The summed E-state index contributed by atoms with van der Waals surface area (Å²) in [6.45, 7) is 7.70. The maximum absolute atomic E-state index is 12.6. The average Bonchev–Trinajstić information content (AvgIpc) is 3.16. The molecule has 1 amide bonds. The molecule has 1 N–H and O–H groups in total. The molecule has 0 saturated carbocycles. The molecule has 0 unspecified atom stereocenters. The number of thioether (sulfide) groups is 1. The monoisotopic (exact) mass is 422 g/mol. The number of rotatable bonds is 5. The summed E-state index contributed by atoms with van der Waals surface area (Å²) in [5.74, 6) is -0.0926. The summed E-state index contributed by atoms with van der Waals surface area (Å²) >= 11 is 2.65. The fourth-order valence-electron chi connectivity index (χ4n) is 2.79. The number of anilines is 1. The SMILES string of the molecule is Cc1nc(NC(=O)CSc2nc3c(c(=O)n(C)c(=O)n3C)n2C(C)C)sc1C. The molecule has 3 aromatic heterocycles. The largest absolute Gasteiger partial charge is 0.332 e. The van der Waals surface area contributed by atoms with E-state index in [-0.39, 0.29) is 17.7 Å². The molecule has 0 spiro atoms. The lowest BCUT2D eigenvalue weighted by Gasteiger charge is -2.12. The number of thiazole rings is 1. The Hall–Kier alpha value is -2.40. The van der Waals surface area contributed by atoms with Gasteiger partial charge in [-0.3, -0.25) is 18.7 Å². The zero-order valence-electron chi connectivity index (χ0n) is 16.6. The van der Waals surface area contributed by atoms with Gasteiger partial charge in [-0.15, -0.1) is 11.3 Å². The van der Waals surface area contributed by atoms with Crippen molar-refractivity contribution in [2.75, 3.05) is 11.1 Å². The third kappa shape index (κ3) is 3.51. The highest BCUT2D eigenvalue weighted by Gasteiger charge is 2.21. The number of amides is 1. The number of aromatic nitrogens is 5. The van der Waals surface area contributed by atoms with Gasteiger partial charge in [-0.05, 0) is 27.7 Å². The van der Waals surface area contributed by atoms with Crippen molar-refractivity contribution >= 4 is 45.3 Å². The highest BCUT2D eigenvalue weighted by molar-refractivity contribution is 7.99. The van der Waals surface area contributed by atoms with Crippen LogP contribution in [0, 0.1) is 13.8 Å². The minimum absolute atomic E-state index is 0.0648. The van der Waals surface area contributed by atoms with E-state index in [2.05, 4.69) is 15.3 Å². The number of hydrogen-bond acceptors (Lipinski definition) is 7. The molecule has 0 saturated heterocycles. The molecule has 11 heteroatoms. The van der Waals surface area contributed by atoms with Gasteiger partial charge >= 0.3 is 5.69 Å². The Balaban J connectivity index is 1.92. The molecule has 9 nitrogen and oxygen atoms in total. The minimum atomic E-state index is -0.435. The van der Waals surface area contributed by atoms with Crippen LogP contribution in [-0.4, -0.2) is 35.3 Å². The fraction of sp³-hybridized carbons (Fsp3) is 0.471. The number of imidazole rings is 1. The van der Waals surface area contributed by atoms with E-state index < -0.39 is 11.2 Å². The normalized spacial score (nSPS) is 11.5. The molecule has 0 bridgehead atoms. The van der Waals surface area contributed by atoms with Crippen molar-refractivity contribution in [2.45, 2.75) is 38.9 Å². The number of fused-ring (bicyclic) bond motifs is 1. The second-order valence-corrected chi connectivity index (χ2v) is 8.88. The summed E-state index contributed by atoms with van der Waals surface area (Å²) in [4.78, 5) is 47.0. The topological polar surface area (TPSA) is 104 Å². The first-order chi connectivity index (χ1) is 13.1. The number of carbonyl (C=O) groups excluding carboxylic acids is 1. The maximum atomic E-state index is 12.6. The van der Waals surface area contributed by atoms with E-state index >= 15 is 0 Å². The molecule has 0 aliphatic carbocycles. The van der Waals surface area contributed by atoms with E-state index in [1.54, 1.807) is 11.6 Å². The van der Waals surface area contributed by atoms with E-state index in [0.29, 0.717) is 21.5 Å². The van der Waals surface area contributed by atoms with Crippen molar-refractivity contribution in [2.24, 2.45) is 14.1 Å². The summed E-state index contributed by atoms with van der Waals surface area (Å²) in [5.41, 5.74) is 0.731. The van der Waals surface area contributed by atoms with Gasteiger partial charge in [0, 0.05) is 25.0 Å². The van der Waals surface area contributed by atoms with Gasteiger partial charge in [0.05, 0.1) is 11.4 Å². The first-order valence-electron chi connectivity index (χ1n) is 8.66. The molecule has 0 aliphatic heterocycles. The van der Waals surface area contributed by atoms with Crippen LogP contribution in [0.2, 0.25) is 0 Å². The molecule has 0 radical (unpaired) electrons. The Morgan fingerprint density at radius 3 is 2.43 bits per heavy atom. The number of nitrogens with one attached hydrogen (secondary N) is 1. The quantitative estimate of drug-likeness (QED) is 0.629. The summed E-state index contributed by atoms with van der Waals surface area (Å²) in [6.07, 6.45) is 0. The predicted octanol–water partition coefficient (Wildman–Crippen LogP) is 1.82. The third-order valence-corrected chi connectivity index (χ3v) is 6.32. The van der Waals surface area contributed by atoms with E-state index in [4.69, 9.17) is 0 Å². The Labute approximate surface area is 169 Å². The third-order valence-electron chi connectivity index (χ3n) is 4.38. The number of hydrogen-bond donors (Lipinski definition) is 1. The molecular weight excluding hydrogens is 400 g/mol. The predicted molar refractivity (Wildman–Crippen MR) is 112 cm³/mol. The second kappa shape index (κ2) is 7.55. The van der Waals surface area contributed by atoms with Crippen molar-refractivity contribution in [3.63, 3.8) is 0 Å². The zero-order valence-corrected chi connectivity index (χ0v) is 18.2. The molecule has 0 aliphatic rings.